The van der Waals surface area contributed by atoms with Crippen molar-refractivity contribution in [2.24, 2.45) is 5.92 Å². The Morgan fingerprint density at radius 2 is 1.86 bits per heavy atom. The first-order valence-corrected chi connectivity index (χ1v) is 8.25. The molecule has 118 valence electrons. The molecule has 0 saturated carbocycles. The van der Waals surface area contributed by atoms with Crippen molar-refractivity contribution in [3.8, 4) is 0 Å². The average Bonchev–Trinajstić information content (AvgIpc) is 2.46. The smallest absolute Gasteiger partial charge is 0.147 e. The van der Waals surface area contributed by atoms with E-state index in [9.17, 15) is 0 Å². The van der Waals surface area contributed by atoms with E-state index < -0.39 is 0 Å². The van der Waals surface area contributed by atoms with Crippen molar-refractivity contribution in [1.29, 1.82) is 0 Å². The highest BCUT2D eigenvalue weighted by Gasteiger charge is 2.25. The third kappa shape index (κ3) is 3.57. The lowest BCUT2D eigenvalue weighted by Crippen LogP contribution is -3.06. The second-order valence-corrected chi connectivity index (χ2v) is 7.11. The fraction of sp³-hybridized carbons (Fsp3) is 0.353. The van der Waals surface area contributed by atoms with Crippen molar-refractivity contribution < 1.29 is 17.3 Å². The number of hydrogen-bond acceptors (Lipinski definition) is 3. The highest BCUT2D eigenvalue weighted by Crippen LogP contribution is 2.46. The minimum absolute atomic E-state index is 0. The molecule has 3 nitrogen and oxygen atoms in total. The SMILES string of the molecule is CC(CN1c2ccccc2Sc2cccnc21)C[NH+](C)C.[Cl-]. The summed E-state index contributed by atoms with van der Waals surface area (Å²) in [5.74, 6) is 1.71. The number of halogens is 1. The summed E-state index contributed by atoms with van der Waals surface area (Å²) >= 11 is 1.82. The van der Waals surface area contributed by atoms with Gasteiger partial charge in [0, 0.05) is 23.6 Å². The first-order valence-electron chi connectivity index (χ1n) is 7.43. The predicted octanol–water partition coefficient (Wildman–Crippen LogP) is -0.531. The van der Waals surface area contributed by atoms with Gasteiger partial charge in [0.25, 0.3) is 0 Å². The monoisotopic (exact) mass is 335 g/mol. The van der Waals surface area contributed by atoms with E-state index in [0.29, 0.717) is 5.92 Å². The molecule has 1 aliphatic heterocycles. The van der Waals surface area contributed by atoms with E-state index in [4.69, 9.17) is 0 Å². The number of anilines is 2. The van der Waals surface area contributed by atoms with Crippen LogP contribution in [0.5, 0.6) is 0 Å². The Labute approximate surface area is 143 Å². The van der Waals surface area contributed by atoms with Crippen molar-refractivity contribution in [3.05, 3.63) is 42.6 Å². The summed E-state index contributed by atoms with van der Waals surface area (Å²) in [7, 11) is 4.42. The van der Waals surface area contributed by atoms with Gasteiger partial charge in [-0.15, -0.1) is 0 Å². The van der Waals surface area contributed by atoms with Crippen LogP contribution in [0.3, 0.4) is 0 Å². The van der Waals surface area contributed by atoms with Gasteiger partial charge >= 0.3 is 0 Å². The number of para-hydroxylation sites is 1. The van der Waals surface area contributed by atoms with Crippen molar-refractivity contribution in [1.82, 2.24) is 4.98 Å². The van der Waals surface area contributed by atoms with Gasteiger partial charge in [0.15, 0.2) is 0 Å². The molecule has 22 heavy (non-hydrogen) atoms. The maximum atomic E-state index is 4.63. The van der Waals surface area contributed by atoms with Crippen LogP contribution < -0.4 is 22.2 Å². The minimum Gasteiger partial charge on any atom is -1.00 e. The summed E-state index contributed by atoms with van der Waals surface area (Å²) in [6, 6.07) is 12.8. The van der Waals surface area contributed by atoms with Crippen molar-refractivity contribution >= 4 is 23.3 Å². The lowest BCUT2D eigenvalue weighted by Gasteiger charge is -2.33. The zero-order chi connectivity index (χ0) is 14.8. The molecule has 2 aromatic rings. The Bertz CT molecular complexity index is 587. The normalized spacial score (nSPS) is 14.1. The Morgan fingerprint density at radius 3 is 2.64 bits per heavy atom. The molecule has 1 aromatic heterocycles. The summed E-state index contributed by atoms with van der Waals surface area (Å²) in [5.41, 5.74) is 1.29. The molecule has 1 atom stereocenters. The molecule has 3 rings (SSSR count). The molecule has 0 fully saturated rings. The Morgan fingerprint density at radius 1 is 1.14 bits per heavy atom. The largest absolute Gasteiger partial charge is 1.00 e. The second kappa shape index (κ2) is 7.36. The first-order chi connectivity index (χ1) is 10.1. The summed E-state index contributed by atoms with van der Waals surface area (Å²) < 4.78 is 0. The summed E-state index contributed by atoms with van der Waals surface area (Å²) in [6.45, 7) is 4.49. The number of nitrogens with one attached hydrogen (secondary N) is 1. The molecule has 0 amide bonds. The Balaban J connectivity index is 0.00000176. The average molecular weight is 336 g/mol. The van der Waals surface area contributed by atoms with Gasteiger partial charge in [-0.3, -0.25) is 0 Å². The Kier molecular flexibility index (Phi) is 5.73. The lowest BCUT2D eigenvalue weighted by atomic mass is 10.1. The zero-order valence-corrected chi connectivity index (χ0v) is 14.8. The maximum absolute atomic E-state index is 4.63. The number of pyridine rings is 1. The van der Waals surface area contributed by atoms with Crippen LogP contribution >= 0.6 is 11.8 Å². The summed E-state index contributed by atoms with van der Waals surface area (Å²) in [6.07, 6.45) is 1.89. The van der Waals surface area contributed by atoms with E-state index in [0.717, 1.165) is 18.9 Å². The molecule has 0 aliphatic carbocycles. The highest BCUT2D eigenvalue weighted by molar-refractivity contribution is 7.99. The molecule has 1 aromatic carbocycles. The fourth-order valence-corrected chi connectivity index (χ4v) is 3.99. The van der Waals surface area contributed by atoms with Gasteiger partial charge in [-0.1, -0.05) is 30.8 Å². The van der Waals surface area contributed by atoms with E-state index >= 15 is 0 Å². The number of aromatic nitrogens is 1. The standard InChI is InChI=1S/C17H21N3S.ClH/c1-13(11-19(2)3)12-20-14-7-4-5-8-15(14)21-16-9-6-10-18-17(16)20;/h4-10,13H,11-12H2,1-3H3;1H. The van der Waals surface area contributed by atoms with Gasteiger partial charge in [-0.2, -0.15) is 0 Å². The van der Waals surface area contributed by atoms with Crippen molar-refractivity contribution in [3.63, 3.8) is 0 Å². The molecule has 0 radical (unpaired) electrons. The number of fused-ring (bicyclic) bond motifs is 2. The molecule has 1 aliphatic rings. The minimum atomic E-state index is 0. The van der Waals surface area contributed by atoms with Gasteiger partial charge in [0.2, 0.25) is 0 Å². The van der Waals surface area contributed by atoms with Crippen LogP contribution in [0.1, 0.15) is 6.92 Å². The number of rotatable bonds is 4. The van der Waals surface area contributed by atoms with Gasteiger partial charge in [0.1, 0.15) is 5.82 Å². The van der Waals surface area contributed by atoms with Crippen LogP contribution in [0.2, 0.25) is 0 Å². The van der Waals surface area contributed by atoms with Crippen LogP contribution in [0.25, 0.3) is 0 Å². The van der Waals surface area contributed by atoms with Gasteiger partial charge < -0.3 is 22.2 Å². The third-order valence-corrected chi connectivity index (χ3v) is 4.74. The van der Waals surface area contributed by atoms with Gasteiger partial charge in [-0.05, 0) is 24.3 Å². The van der Waals surface area contributed by atoms with Crippen LogP contribution in [0.15, 0.2) is 52.4 Å². The highest BCUT2D eigenvalue weighted by atomic mass is 35.5. The molecule has 2 heterocycles. The van der Waals surface area contributed by atoms with E-state index in [-0.39, 0.29) is 12.4 Å². The predicted molar refractivity (Wildman–Crippen MR) is 88.6 cm³/mol. The number of nitrogens with zero attached hydrogens (tertiary/aromatic N) is 2. The number of benzene rings is 1. The van der Waals surface area contributed by atoms with Crippen LogP contribution in [0, 0.1) is 5.92 Å². The maximum Gasteiger partial charge on any atom is 0.147 e. The topological polar surface area (TPSA) is 20.6 Å². The molecular formula is C17H22ClN3S. The Hall–Kier alpha value is -1.23. The molecule has 5 heteroatoms. The van der Waals surface area contributed by atoms with Crippen LogP contribution in [-0.2, 0) is 0 Å². The lowest BCUT2D eigenvalue weighted by molar-refractivity contribution is -0.861. The quantitative estimate of drug-likeness (QED) is 0.811. The fourth-order valence-electron chi connectivity index (χ4n) is 2.92. The molecule has 0 spiro atoms. The molecule has 1 N–H and O–H groups in total. The van der Waals surface area contributed by atoms with Crippen molar-refractivity contribution in [2.75, 3.05) is 32.1 Å². The first kappa shape index (κ1) is 17.1. The van der Waals surface area contributed by atoms with E-state index in [2.05, 4.69) is 61.2 Å². The molecule has 1 unspecified atom stereocenters. The van der Waals surface area contributed by atoms with Crippen LogP contribution in [-0.4, -0.2) is 32.2 Å². The van der Waals surface area contributed by atoms with E-state index in [1.807, 2.05) is 24.0 Å². The zero-order valence-electron chi connectivity index (χ0n) is 13.2. The summed E-state index contributed by atoms with van der Waals surface area (Å²) in [5, 5.41) is 0. The number of quaternary nitrogens is 1. The molecule has 0 saturated heterocycles. The molecule has 0 bridgehead atoms. The summed E-state index contributed by atoms with van der Waals surface area (Å²) in [4.78, 5) is 11.1. The van der Waals surface area contributed by atoms with E-state index in [1.165, 1.54) is 20.4 Å². The van der Waals surface area contributed by atoms with Gasteiger partial charge in [-0.25, -0.2) is 4.98 Å². The van der Waals surface area contributed by atoms with Crippen LogP contribution in [0.4, 0.5) is 11.5 Å². The molecular weight excluding hydrogens is 314 g/mol. The van der Waals surface area contributed by atoms with E-state index in [1.54, 1.807) is 0 Å². The van der Waals surface area contributed by atoms with Gasteiger partial charge in [0.05, 0.1) is 31.2 Å². The number of hydrogen-bond donors (Lipinski definition) is 1. The third-order valence-electron chi connectivity index (χ3n) is 3.63. The second-order valence-electron chi connectivity index (χ2n) is 6.02. The van der Waals surface area contributed by atoms with Crippen molar-refractivity contribution in [2.45, 2.75) is 16.7 Å².